The average molecular weight is 273 g/mol. The van der Waals surface area contributed by atoms with Crippen LogP contribution in [0, 0.1) is 6.92 Å². The van der Waals surface area contributed by atoms with E-state index in [9.17, 15) is 9.59 Å². The van der Waals surface area contributed by atoms with Gasteiger partial charge in [0.1, 0.15) is 17.9 Å². The predicted octanol–water partition coefficient (Wildman–Crippen LogP) is 2.17. The maximum absolute atomic E-state index is 11.7. The van der Waals surface area contributed by atoms with Crippen molar-refractivity contribution >= 4 is 11.9 Å². The molecule has 1 aromatic heterocycles. The Kier molecular flexibility index (Phi) is 4.55. The van der Waals surface area contributed by atoms with Crippen LogP contribution in [0.1, 0.15) is 26.5 Å². The van der Waals surface area contributed by atoms with Crippen molar-refractivity contribution in [2.75, 3.05) is 13.2 Å². The van der Waals surface area contributed by atoms with Crippen molar-refractivity contribution in [3.63, 3.8) is 0 Å². The third-order valence-corrected chi connectivity index (χ3v) is 2.74. The van der Waals surface area contributed by atoms with Gasteiger partial charge in [-0.2, -0.15) is 0 Å². The molecule has 104 valence electrons. The topological polar surface area (TPSA) is 68.5 Å². The van der Waals surface area contributed by atoms with Crippen LogP contribution in [0.15, 0.2) is 47.1 Å². The fourth-order valence-electron chi connectivity index (χ4n) is 1.67. The number of carbonyl (C=O) groups excluding carboxylic acids is 2. The molecule has 0 saturated carbocycles. The summed E-state index contributed by atoms with van der Waals surface area (Å²) in [7, 11) is 0. The van der Waals surface area contributed by atoms with Crippen molar-refractivity contribution in [2.24, 2.45) is 0 Å². The van der Waals surface area contributed by atoms with Crippen molar-refractivity contribution in [3.8, 4) is 0 Å². The van der Waals surface area contributed by atoms with E-state index in [1.165, 1.54) is 6.26 Å². The Morgan fingerprint density at radius 3 is 2.60 bits per heavy atom. The first kappa shape index (κ1) is 13.9. The van der Waals surface area contributed by atoms with Gasteiger partial charge in [0.25, 0.3) is 5.91 Å². The first-order chi connectivity index (χ1) is 9.68. The second kappa shape index (κ2) is 6.56. The average Bonchev–Trinajstić information content (AvgIpc) is 2.90. The van der Waals surface area contributed by atoms with Crippen LogP contribution in [-0.2, 0) is 4.74 Å². The number of aryl methyl sites for hydroxylation is 1. The number of amides is 1. The van der Waals surface area contributed by atoms with E-state index < -0.39 is 5.97 Å². The van der Waals surface area contributed by atoms with E-state index in [2.05, 4.69) is 5.32 Å². The minimum absolute atomic E-state index is 0.113. The first-order valence-electron chi connectivity index (χ1n) is 6.23. The lowest BCUT2D eigenvalue weighted by molar-refractivity contribution is 0.0501. The Morgan fingerprint density at radius 1 is 1.20 bits per heavy atom. The monoisotopic (exact) mass is 273 g/mol. The van der Waals surface area contributed by atoms with Crippen LogP contribution in [0.5, 0.6) is 0 Å². The Hall–Kier alpha value is -2.56. The maximum atomic E-state index is 11.7. The zero-order valence-corrected chi connectivity index (χ0v) is 11.1. The normalized spacial score (nSPS) is 10.1. The zero-order valence-electron chi connectivity index (χ0n) is 11.1. The van der Waals surface area contributed by atoms with Gasteiger partial charge in [0.05, 0.1) is 12.8 Å². The third-order valence-electron chi connectivity index (χ3n) is 2.74. The van der Waals surface area contributed by atoms with E-state index in [0.717, 1.165) is 0 Å². The summed E-state index contributed by atoms with van der Waals surface area (Å²) in [5.41, 5.74) is 0.976. The van der Waals surface area contributed by atoms with E-state index >= 15 is 0 Å². The number of rotatable bonds is 5. The molecule has 5 nitrogen and oxygen atoms in total. The van der Waals surface area contributed by atoms with Crippen LogP contribution >= 0.6 is 0 Å². The van der Waals surface area contributed by atoms with Crippen molar-refractivity contribution in [1.29, 1.82) is 0 Å². The highest BCUT2D eigenvalue weighted by Crippen LogP contribution is 2.09. The van der Waals surface area contributed by atoms with Crippen LogP contribution in [0.4, 0.5) is 0 Å². The predicted molar refractivity (Wildman–Crippen MR) is 72.5 cm³/mol. The van der Waals surface area contributed by atoms with E-state index in [1.54, 1.807) is 37.3 Å². The first-order valence-corrected chi connectivity index (χ1v) is 6.23. The lowest BCUT2D eigenvalue weighted by atomic mass is 10.2. The number of esters is 1. The van der Waals surface area contributed by atoms with Gasteiger partial charge in [-0.3, -0.25) is 4.79 Å². The molecule has 0 radical (unpaired) electrons. The summed E-state index contributed by atoms with van der Waals surface area (Å²) < 4.78 is 10.1. The minimum atomic E-state index is -0.454. The summed E-state index contributed by atoms with van der Waals surface area (Å²) in [5, 5.41) is 2.67. The molecule has 0 aliphatic rings. The minimum Gasteiger partial charge on any atom is -0.469 e. The molecule has 0 bridgehead atoms. The van der Waals surface area contributed by atoms with Crippen LogP contribution in [0.25, 0.3) is 0 Å². The lowest BCUT2D eigenvalue weighted by Gasteiger charge is -2.06. The van der Waals surface area contributed by atoms with Gasteiger partial charge < -0.3 is 14.5 Å². The van der Waals surface area contributed by atoms with Crippen LogP contribution < -0.4 is 5.32 Å². The number of hydrogen-bond acceptors (Lipinski definition) is 4. The second-order valence-corrected chi connectivity index (χ2v) is 4.15. The Balaban J connectivity index is 1.73. The number of ether oxygens (including phenoxy) is 1. The molecule has 0 spiro atoms. The maximum Gasteiger partial charge on any atom is 0.341 e. The molecule has 0 atom stereocenters. The summed E-state index contributed by atoms with van der Waals surface area (Å²) >= 11 is 0. The Morgan fingerprint density at radius 2 is 1.95 bits per heavy atom. The molecule has 2 aromatic rings. The fraction of sp³-hybridized carbons (Fsp3) is 0.200. The molecular formula is C15H15NO4. The molecule has 2 rings (SSSR count). The quantitative estimate of drug-likeness (QED) is 0.669. The molecule has 1 heterocycles. The molecule has 0 aliphatic carbocycles. The van der Waals surface area contributed by atoms with Crippen LogP contribution in [0.3, 0.4) is 0 Å². The second-order valence-electron chi connectivity index (χ2n) is 4.15. The lowest BCUT2D eigenvalue weighted by Crippen LogP contribution is -2.28. The summed E-state index contributed by atoms with van der Waals surface area (Å²) in [6, 6.07) is 10.4. The Bertz CT molecular complexity index is 589. The number of hydrogen-bond donors (Lipinski definition) is 1. The van der Waals surface area contributed by atoms with E-state index in [-0.39, 0.29) is 19.1 Å². The SMILES string of the molecule is Cc1occc1C(=O)OCCNC(=O)c1ccccc1. The number of nitrogens with one attached hydrogen (secondary N) is 1. The Labute approximate surface area is 116 Å². The van der Waals surface area contributed by atoms with Gasteiger partial charge in [-0.25, -0.2) is 4.79 Å². The highest BCUT2D eigenvalue weighted by molar-refractivity contribution is 5.94. The van der Waals surface area contributed by atoms with Gasteiger partial charge in [-0.15, -0.1) is 0 Å². The van der Waals surface area contributed by atoms with Crippen molar-refractivity contribution in [3.05, 3.63) is 59.5 Å². The summed E-state index contributed by atoms with van der Waals surface area (Å²) in [6.07, 6.45) is 1.43. The fourth-order valence-corrected chi connectivity index (χ4v) is 1.67. The summed E-state index contributed by atoms with van der Waals surface area (Å²) in [5.74, 6) is -0.130. The van der Waals surface area contributed by atoms with E-state index in [0.29, 0.717) is 16.9 Å². The van der Waals surface area contributed by atoms with Crippen molar-refractivity contribution in [1.82, 2.24) is 5.32 Å². The van der Waals surface area contributed by atoms with Crippen LogP contribution in [-0.4, -0.2) is 25.0 Å². The van der Waals surface area contributed by atoms with Gasteiger partial charge in [0.2, 0.25) is 0 Å². The third kappa shape index (κ3) is 3.47. The molecule has 0 saturated heterocycles. The smallest absolute Gasteiger partial charge is 0.341 e. The molecule has 0 fully saturated rings. The van der Waals surface area contributed by atoms with Gasteiger partial charge in [-0.05, 0) is 25.1 Å². The molecule has 0 unspecified atom stereocenters. The van der Waals surface area contributed by atoms with E-state index in [1.807, 2.05) is 6.07 Å². The largest absolute Gasteiger partial charge is 0.469 e. The van der Waals surface area contributed by atoms with Gasteiger partial charge in [0.15, 0.2) is 0 Å². The highest BCUT2D eigenvalue weighted by atomic mass is 16.5. The molecule has 5 heteroatoms. The van der Waals surface area contributed by atoms with Crippen molar-refractivity contribution in [2.45, 2.75) is 6.92 Å². The zero-order chi connectivity index (χ0) is 14.4. The molecular weight excluding hydrogens is 258 g/mol. The summed E-state index contributed by atoms with van der Waals surface area (Å²) in [4.78, 5) is 23.4. The van der Waals surface area contributed by atoms with Crippen molar-refractivity contribution < 1.29 is 18.7 Å². The highest BCUT2D eigenvalue weighted by Gasteiger charge is 2.12. The molecule has 20 heavy (non-hydrogen) atoms. The molecule has 1 aromatic carbocycles. The van der Waals surface area contributed by atoms with Gasteiger partial charge >= 0.3 is 5.97 Å². The standard InChI is InChI=1S/C15H15NO4/c1-11-13(7-9-19-11)15(18)20-10-8-16-14(17)12-5-3-2-4-6-12/h2-7,9H,8,10H2,1H3,(H,16,17). The number of benzene rings is 1. The van der Waals surface area contributed by atoms with Gasteiger partial charge in [0, 0.05) is 5.56 Å². The number of furan rings is 1. The van der Waals surface area contributed by atoms with Gasteiger partial charge in [-0.1, -0.05) is 18.2 Å². The molecule has 0 aliphatic heterocycles. The summed E-state index contributed by atoms with van der Waals surface area (Å²) in [6.45, 7) is 2.06. The van der Waals surface area contributed by atoms with Crippen LogP contribution in [0.2, 0.25) is 0 Å². The van der Waals surface area contributed by atoms with E-state index in [4.69, 9.17) is 9.15 Å². The number of carbonyl (C=O) groups is 2. The molecule has 1 N–H and O–H groups in total. The molecule has 1 amide bonds.